The Morgan fingerprint density at radius 1 is 1.29 bits per heavy atom. The van der Waals surface area contributed by atoms with E-state index in [1.807, 2.05) is 6.92 Å². The minimum Gasteiger partial charge on any atom is -0.396 e. The molecule has 1 heterocycles. The Hall–Kier alpha value is -1.22. The van der Waals surface area contributed by atoms with Crippen molar-refractivity contribution in [2.75, 3.05) is 25.1 Å². The number of rotatable bonds is 11. The summed E-state index contributed by atoms with van der Waals surface area (Å²) < 4.78 is 0. The smallest absolute Gasteiger partial charge is 0.220 e. The van der Waals surface area contributed by atoms with E-state index in [4.69, 9.17) is 4.98 Å². The van der Waals surface area contributed by atoms with Crippen LogP contribution >= 0.6 is 11.3 Å². The minimum atomic E-state index is -0.621. The number of hydrogen-bond acceptors (Lipinski definition) is 7. The van der Waals surface area contributed by atoms with Gasteiger partial charge in [0.2, 0.25) is 5.91 Å². The Labute approximate surface area is 208 Å². The number of unbranched alkanes of at least 4 members (excludes halogenated alkanes) is 1. The molecule has 6 unspecified atom stereocenters. The molecule has 3 rings (SSSR count). The molecule has 1 aromatic rings. The zero-order valence-corrected chi connectivity index (χ0v) is 22.4. The van der Waals surface area contributed by atoms with E-state index in [1.54, 1.807) is 11.3 Å². The second kappa shape index (κ2) is 11.2. The van der Waals surface area contributed by atoms with E-state index in [0.29, 0.717) is 18.8 Å². The van der Waals surface area contributed by atoms with Crippen LogP contribution in [0.5, 0.6) is 0 Å². The zero-order chi connectivity index (χ0) is 25.1. The number of thiazole rings is 1. The number of anilines is 1. The molecule has 34 heavy (non-hydrogen) atoms. The average molecular weight is 496 g/mol. The fraction of sp³-hybridized carbons (Fsp3) is 0.846. The molecule has 2 aliphatic rings. The van der Waals surface area contributed by atoms with Crippen molar-refractivity contribution in [3.05, 3.63) is 10.6 Å². The van der Waals surface area contributed by atoms with Gasteiger partial charge < -0.3 is 26.0 Å². The Morgan fingerprint density at radius 2 is 2.03 bits per heavy atom. The summed E-state index contributed by atoms with van der Waals surface area (Å²) >= 11 is 1.65. The Bertz CT molecular complexity index is 831. The van der Waals surface area contributed by atoms with Crippen LogP contribution in [0.15, 0.2) is 0 Å². The van der Waals surface area contributed by atoms with Gasteiger partial charge in [-0.15, -0.1) is 11.3 Å². The number of carbonyl (C=O) groups excluding carboxylic acids is 1. The molecule has 0 bridgehead atoms. The molecule has 1 aromatic heterocycles. The summed E-state index contributed by atoms with van der Waals surface area (Å²) in [5.74, 6) is 0.257. The van der Waals surface area contributed by atoms with Crippen molar-refractivity contribution in [1.82, 2.24) is 10.3 Å². The monoisotopic (exact) mass is 495 g/mol. The lowest BCUT2D eigenvalue weighted by molar-refractivity contribution is -0.144. The molecule has 1 fully saturated rings. The van der Waals surface area contributed by atoms with Gasteiger partial charge >= 0.3 is 0 Å². The van der Waals surface area contributed by atoms with Crippen molar-refractivity contribution in [2.24, 2.45) is 22.7 Å². The predicted molar refractivity (Wildman–Crippen MR) is 137 cm³/mol. The lowest BCUT2D eigenvalue weighted by Gasteiger charge is -2.58. The largest absolute Gasteiger partial charge is 0.396 e. The fourth-order valence-electron chi connectivity index (χ4n) is 6.31. The highest BCUT2D eigenvalue weighted by Gasteiger charge is 2.59. The number of fused-ring (bicyclic) bond motifs is 2. The Balaban J connectivity index is 1.93. The van der Waals surface area contributed by atoms with Gasteiger partial charge in [-0.05, 0) is 49.4 Å². The molecule has 6 atom stereocenters. The van der Waals surface area contributed by atoms with Crippen LogP contribution in [0.3, 0.4) is 0 Å². The van der Waals surface area contributed by atoms with Crippen LogP contribution in [0.25, 0.3) is 0 Å². The molecule has 5 N–H and O–H groups in total. The topological polar surface area (TPSA) is 115 Å². The van der Waals surface area contributed by atoms with Crippen LogP contribution in [0, 0.1) is 22.7 Å². The van der Waals surface area contributed by atoms with E-state index in [1.165, 1.54) is 0 Å². The van der Waals surface area contributed by atoms with E-state index in [0.717, 1.165) is 54.4 Å². The molecule has 1 amide bonds. The van der Waals surface area contributed by atoms with E-state index in [9.17, 15) is 20.1 Å². The van der Waals surface area contributed by atoms with Gasteiger partial charge in [0, 0.05) is 29.2 Å². The number of nitrogens with zero attached hydrogens (tertiary/aromatic N) is 1. The molecule has 0 saturated heterocycles. The molecule has 2 aliphatic carbocycles. The molecular weight excluding hydrogens is 450 g/mol. The predicted octanol–water partition coefficient (Wildman–Crippen LogP) is 3.68. The molecule has 1 saturated carbocycles. The quantitative estimate of drug-likeness (QED) is 0.299. The number of hydrogen-bond donors (Lipinski definition) is 5. The fourth-order valence-corrected chi connectivity index (χ4v) is 7.41. The SMILES string of the molecule is CCCCNc1nc2c(s1)CC1C(C)(CO)C(O)CCC1(C)C2CC(=O)NC(CO)CC(C)C. The van der Waals surface area contributed by atoms with Crippen LogP contribution < -0.4 is 10.6 Å². The number of aliphatic hydroxyl groups is 3. The molecule has 194 valence electrons. The highest BCUT2D eigenvalue weighted by molar-refractivity contribution is 7.15. The highest BCUT2D eigenvalue weighted by Crippen LogP contribution is 2.62. The van der Waals surface area contributed by atoms with Gasteiger partial charge in [-0.3, -0.25) is 4.79 Å². The van der Waals surface area contributed by atoms with Crippen LogP contribution in [0.2, 0.25) is 0 Å². The summed E-state index contributed by atoms with van der Waals surface area (Å²) in [5.41, 5.74) is 0.117. The highest BCUT2D eigenvalue weighted by atomic mass is 32.1. The minimum absolute atomic E-state index is 0.0484. The van der Waals surface area contributed by atoms with E-state index in [2.05, 4.69) is 38.3 Å². The summed E-state index contributed by atoms with van der Waals surface area (Å²) in [5, 5.41) is 38.4. The van der Waals surface area contributed by atoms with Crippen LogP contribution in [-0.4, -0.2) is 58.1 Å². The van der Waals surface area contributed by atoms with Gasteiger partial charge in [-0.1, -0.05) is 41.0 Å². The Kier molecular flexibility index (Phi) is 9.04. The maximum atomic E-state index is 13.2. The van der Waals surface area contributed by atoms with Gasteiger partial charge in [0.1, 0.15) is 0 Å². The third-order valence-electron chi connectivity index (χ3n) is 8.43. The van der Waals surface area contributed by atoms with Crippen LogP contribution in [0.1, 0.15) is 89.6 Å². The lowest BCUT2D eigenvalue weighted by Crippen LogP contribution is -2.58. The van der Waals surface area contributed by atoms with Crippen molar-refractivity contribution in [3.63, 3.8) is 0 Å². The number of aromatic nitrogens is 1. The molecule has 0 aromatic carbocycles. The third kappa shape index (κ3) is 5.45. The first-order chi connectivity index (χ1) is 16.1. The first-order valence-electron chi connectivity index (χ1n) is 13.0. The number of amides is 1. The first-order valence-corrected chi connectivity index (χ1v) is 13.8. The van der Waals surface area contributed by atoms with Crippen LogP contribution in [0.4, 0.5) is 5.13 Å². The van der Waals surface area contributed by atoms with Gasteiger partial charge in [-0.25, -0.2) is 4.98 Å². The first kappa shape index (κ1) is 27.4. The zero-order valence-electron chi connectivity index (χ0n) is 21.6. The summed E-state index contributed by atoms with van der Waals surface area (Å²) in [4.78, 5) is 19.4. The summed E-state index contributed by atoms with van der Waals surface area (Å²) in [7, 11) is 0. The van der Waals surface area contributed by atoms with Gasteiger partial charge in [0.05, 0.1) is 31.1 Å². The number of aliphatic hydroxyl groups excluding tert-OH is 3. The molecule has 0 aliphatic heterocycles. The second-order valence-corrected chi connectivity index (χ2v) is 12.5. The van der Waals surface area contributed by atoms with E-state index in [-0.39, 0.29) is 42.4 Å². The number of nitrogens with one attached hydrogen (secondary N) is 2. The molecular formula is C26H45N3O4S. The second-order valence-electron chi connectivity index (χ2n) is 11.4. The maximum Gasteiger partial charge on any atom is 0.220 e. The van der Waals surface area contributed by atoms with Crippen molar-refractivity contribution >= 4 is 22.4 Å². The average Bonchev–Trinajstić information content (AvgIpc) is 3.20. The Morgan fingerprint density at radius 3 is 2.65 bits per heavy atom. The van der Waals surface area contributed by atoms with Crippen molar-refractivity contribution in [3.8, 4) is 0 Å². The molecule has 7 nitrogen and oxygen atoms in total. The van der Waals surface area contributed by atoms with Gasteiger partial charge in [-0.2, -0.15) is 0 Å². The standard InChI is InChI=1S/C26H45N3O4S/c1-6-7-10-27-24-29-23-18(12-22(33)28-17(14-30)11-16(2)3)25(4)9-8-21(32)26(5,15-31)20(25)13-19(23)34-24/h16-18,20-21,30-32H,6-15H2,1-5H3,(H,27,29)(H,28,33). The summed E-state index contributed by atoms with van der Waals surface area (Å²) in [6.07, 6.45) is 4.80. The molecule has 8 heteroatoms. The van der Waals surface area contributed by atoms with Gasteiger partial charge in [0.15, 0.2) is 5.13 Å². The maximum absolute atomic E-state index is 13.2. The van der Waals surface area contributed by atoms with E-state index >= 15 is 0 Å². The van der Waals surface area contributed by atoms with Gasteiger partial charge in [0.25, 0.3) is 0 Å². The van der Waals surface area contributed by atoms with Crippen molar-refractivity contribution in [1.29, 1.82) is 0 Å². The van der Waals surface area contributed by atoms with Crippen molar-refractivity contribution < 1.29 is 20.1 Å². The molecule has 0 spiro atoms. The lowest BCUT2D eigenvalue weighted by atomic mass is 9.47. The number of carbonyl (C=O) groups is 1. The summed E-state index contributed by atoms with van der Waals surface area (Å²) in [6.45, 7) is 11.3. The third-order valence-corrected chi connectivity index (χ3v) is 9.48. The summed E-state index contributed by atoms with van der Waals surface area (Å²) in [6, 6.07) is -0.253. The van der Waals surface area contributed by atoms with Crippen molar-refractivity contribution in [2.45, 2.75) is 97.6 Å². The molecule has 0 radical (unpaired) electrons. The normalized spacial score (nSPS) is 31.6. The van der Waals surface area contributed by atoms with E-state index < -0.39 is 11.5 Å². The van der Waals surface area contributed by atoms with Crippen LogP contribution in [-0.2, 0) is 11.2 Å².